The summed E-state index contributed by atoms with van der Waals surface area (Å²) in [6.07, 6.45) is 5.26. The molecule has 4 aromatic rings. The number of hydrogen-bond acceptors (Lipinski definition) is 12. The van der Waals surface area contributed by atoms with Crippen molar-refractivity contribution in [2.75, 3.05) is 46.0 Å². The number of nitriles is 1. The molecule has 2 saturated heterocycles. The van der Waals surface area contributed by atoms with Crippen molar-refractivity contribution in [1.82, 2.24) is 30.7 Å². The highest BCUT2D eigenvalue weighted by Gasteiger charge is 2.64. The van der Waals surface area contributed by atoms with Gasteiger partial charge in [-0.2, -0.15) is 5.26 Å². The highest BCUT2D eigenvalue weighted by Crippen LogP contribution is 2.55. The number of halogens is 1. The number of aromatic nitrogens is 1. The fourth-order valence-corrected chi connectivity index (χ4v) is 11.5. The summed E-state index contributed by atoms with van der Waals surface area (Å²) in [4.78, 5) is 64.1. The largest absolute Gasteiger partial charge is 0.494 e. The normalized spacial score (nSPS) is 21.2. The Kier molecular flexibility index (Phi) is 17.7. The van der Waals surface area contributed by atoms with Crippen molar-refractivity contribution in [3.63, 3.8) is 0 Å². The second-order valence-electron chi connectivity index (χ2n) is 21.6. The highest BCUT2D eigenvalue weighted by molar-refractivity contribution is 7.13. The van der Waals surface area contributed by atoms with Gasteiger partial charge in [0.25, 0.3) is 5.91 Å². The van der Waals surface area contributed by atoms with Gasteiger partial charge in [0.05, 0.1) is 39.7 Å². The number of carbonyl (C=O) groups excluding carboxylic acids is 4. The highest BCUT2D eigenvalue weighted by atomic mass is 35.5. The number of aliphatic hydroxyl groups is 1. The van der Waals surface area contributed by atoms with Crippen molar-refractivity contribution in [2.45, 2.75) is 123 Å². The van der Waals surface area contributed by atoms with Crippen molar-refractivity contribution in [1.29, 1.82) is 5.26 Å². The summed E-state index contributed by atoms with van der Waals surface area (Å²) in [6.45, 7) is 16.9. The van der Waals surface area contributed by atoms with Crippen LogP contribution in [0.3, 0.4) is 0 Å². The van der Waals surface area contributed by atoms with E-state index in [1.54, 1.807) is 59.3 Å². The summed E-state index contributed by atoms with van der Waals surface area (Å²) in [5.74, 6) is -0.179. The summed E-state index contributed by atoms with van der Waals surface area (Å²) in [7, 11) is 0. The Morgan fingerprint density at radius 3 is 2.25 bits per heavy atom. The van der Waals surface area contributed by atoms with Crippen LogP contribution in [0.2, 0.25) is 5.02 Å². The molecule has 3 aliphatic rings. The Morgan fingerprint density at radius 2 is 1.61 bits per heavy atom. The van der Waals surface area contributed by atoms with E-state index < -0.39 is 46.2 Å². The van der Waals surface area contributed by atoms with E-state index in [4.69, 9.17) is 25.8 Å². The molecule has 1 aromatic heterocycles. The zero-order chi connectivity index (χ0) is 51.8. The number of unbranched alkanes of at least 4 members (excludes halogenated alkanes) is 2. The lowest BCUT2D eigenvalue weighted by atomic mass is 9.49. The maximum Gasteiger partial charge on any atom is 0.251 e. The predicted molar refractivity (Wildman–Crippen MR) is 278 cm³/mol. The lowest BCUT2D eigenvalue weighted by Crippen LogP contribution is -2.74. The number of β-amino-alcohol motifs (C(OH)–C–C–N with tert-alkyl or cyclic N) is 1. The van der Waals surface area contributed by atoms with E-state index in [1.165, 1.54) is 4.90 Å². The maximum atomic E-state index is 14.3. The molecule has 1 aliphatic carbocycles. The van der Waals surface area contributed by atoms with Crippen LogP contribution in [-0.2, 0) is 19.1 Å². The summed E-state index contributed by atoms with van der Waals surface area (Å²) in [5, 5.41) is 29.7. The summed E-state index contributed by atoms with van der Waals surface area (Å²) < 4.78 is 18.0. The van der Waals surface area contributed by atoms with Crippen LogP contribution in [0.4, 0.5) is 0 Å². The van der Waals surface area contributed by atoms with Crippen molar-refractivity contribution < 1.29 is 38.5 Å². The van der Waals surface area contributed by atoms with Gasteiger partial charge in [-0.3, -0.25) is 24.2 Å². The first kappa shape index (κ1) is 54.2. The van der Waals surface area contributed by atoms with Crippen molar-refractivity contribution in [3.05, 3.63) is 100 Å². The Labute approximate surface area is 432 Å². The molecule has 0 spiro atoms. The number of ether oxygens (including phenoxy) is 3. The van der Waals surface area contributed by atoms with Crippen LogP contribution < -0.4 is 25.4 Å². The minimum absolute atomic E-state index is 0.0156. The van der Waals surface area contributed by atoms with Gasteiger partial charge in [0.15, 0.2) is 0 Å². The third-order valence-corrected chi connectivity index (χ3v) is 15.4. The third kappa shape index (κ3) is 13.1. The molecule has 72 heavy (non-hydrogen) atoms. The molecule has 4 amide bonds. The fraction of sp³-hybridized carbons (Fsp3) is 0.527. The van der Waals surface area contributed by atoms with Crippen LogP contribution in [0, 0.1) is 27.6 Å². The van der Waals surface area contributed by atoms with E-state index in [2.05, 4.69) is 59.6 Å². The second-order valence-corrected chi connectivity index (χ2v) is 22.9. The molecule has 3 fully saturated rings. The Morgan fingerprint density at radius 1 is 0.931 bits per heavy atom. The number of carbonyl (C=O) groups is 4. The van der Waals surface area contributed by atoms with Gasteiger partial charge < -0.3 is 45.1 Å². The number of nitrogens with one attached hydrogen (secondary N) is 3. The van der Waals surface area contributed by atoms with Gasteiger partial charge in [0, 0.05) is 60.8 Å². The molecule has 0 radical (unpaired) electrons. The van der Waals surface area contributed by atoms with E-state index in [0.29, 0.717) is 53.8 Å². The fourth-order valence-electron chi connectivity index (χ4n) is 10.6. The molecule has 15 nitrogen and oxygen atoms in total. The molecule has 0 unspecified atom stereocenters. The van der Waals surface area contributed by atoms with Gasteiger partial charge in [-0.05, 0) is 98.1 Å². The smallest absolute Gasteiger partial charge is 0.251 e. The number of amides is 4. The topological polar surface area (TPSA) is 195 Å². The zero-order valence-corrected chi connectivity index (χ0v) is 44.1. The molecule has 386 valence electrons. The predicted octanol–water partition coefficient (Wildman–Crippen LogP) is 7.96. The molecular formula is C55H70ClN7O8S. The van der Waals surface area contributed by atoms with E-state index in [9.17, 15) is 29.5 Å². The lowest BCUT2D eigenvalue weighted by Gasteiger charge is -2.63. The zero-order valence-electron chi connectivity index (χ0n) is 42.5. The number of hydrogen-bond donors (Lipinski definition) is 4. The minimum atomic E-state index is -0.966. The summed E-state index contributed by atoms with van der Waals surface area (Å²) in [5.41, 5.74) is 3.21. The molecule has 2 aliphatic heterocycles. The number of likely N-dealkylation sites (tertiary alicyclic amines) is 2. The van der Waals surface area contributed by atoms with E-state index in [0.717, 1.165) is 54.8 Å². The van der Waals surface area contributed by atoms with Crippen molar-refractivity contribution in [2.24, 2.45) is 16.2 Å². The average Bonchev–Trinajstić information content (AvgIpc) is 4.16. The molecule has 4 atom stereocenters. The van der Waals surface area contributed by atoms with Crippen LogP contribution in [0.5, 0.6) is 11.5 Å². The van der Waals surface area contributed by atoms with E-state index >= 15 is 0 Å². The summed E-state index contributed by atoms with van der Waals surface area (Å²) in [6, 6.07) is 19.9. The second kappa shape index (κ2) is 23.5. The number of rotatable bonds is 21. The SMILES string of the molecule is CC1(C)C(NC(=O)c2ccc(OCCCCCOCC(=O)N[C@H](C(=O)N3C[C@H](O)C[C@H]3C(=O)N[C@@H](CN3CCCC3)c3ccc(-c4cncs4)cc3)C(C)(C)C)cc2)C(C)(C)C1Oc1ccc(C#N)c(Cl)c1. The molecule has 1 saturated carbocycles. The van der Waals surface area contributed by atoms with Gasteiger partial charge >= 0.3 is 0 Å². The first-order chi connectivity index (χ1) is 34.3. The first-order valence-electron chi connectivity index (χ1n) is 25.0. The van der Waals surface area contributed by atoms with Crippen LogP contribution >= 0.6 is 22.9 Å². The molecular weight excluding hydrogens is 954 g/mol. The Balaban J connectivity index is 0.822. The van der Waals surface area contributed by atoms with E-state index in [-0.39, 0.29) is 49.6 Å². The number of thiazole rings is 1. The number of nitrogens with zero attached hydrogens (tertiary/aromatic N) is 4. The van der Waals surface area contributed by atoms with Gasteiger partial charge in [-0.1, -0.05) is 84.3 Å². The molecule has 17 heteroatoms. The van der Waals surface area contributed by atoms with Crippen LogP contribution in [-0.4, -0.2) is 120 Å². The van der Waals surface area contributed by atoms with Crippen LogP contribution in [0.25, 0.3) is 10.4 Å². The molecule has 3 aromatic carbocycles. The van der Waals surface area contributed by atoms with Crippen LogP contribution in [0.1, 0.15) is 115 Å². The number of aliphatic hydroxyl groups excluding tert-OH is 1. The monoisotopic (exact) mass is 1020 g/mol. The molecule has 0 bridgehead atoms. The van der Waals surface area contributed by atoms with E-state index in [1.807, 2.05) is 51.2 Å². The first-order valence-corrected chi connectivity index (χ1v) is 26.3. The Hall–Kier alpha value is -5.57. The average molecular weight is 1020 g/mol. The minimum Gasteiger partial charge on any atom is -0.494 e. The van der Waals surface area contributed by atoms with Gasteiger partial charge in [0.2, 0.25) is 17.7 Å². The van der Waals surface area contributed by atoms with Gasteiger partial charge in [0.1, 0.15) is 42.4 Å². The number of benzene rings is 3. The maximum absolute atomic E-state index is 14.3. The van der Waals surface area contributed by atoms with Crippen molar-refractivity contribution >= 4 is 46.6 Å². The third-order valence-electron chi connectivity index (χ3n) is 14.3. The van der Waals surface area contributed by atoms with Crippen LogP contribution in [0.15, 0.2) is 78.4 Å². The summed E-state index contributed by atoms with van der Waals surface area (Å²) >= 11 is 7.81. The van der Waals surface area contributed by atoms with Gasteiger partial charge in [-0.15, -0.1) is 11.3 Å². The Bertz CT molecular complexity index is 2520. The molecule has 7 rings (SSSR count). The molecule has 3 heterocycles. The lowest BCUT2D eigenvalue weighted by molar-refractivity contribution is -0.164. The van der Waals surface area contributed by atoms with Gasteiger partial charge in [-0.25, -0.2) is 0 Å². The van der Waals surface area contributed by atoms with Crippen molar-refractivity contribution in [3.8, 4) is 28.0 Å². The molecule has 4 N–H and O–H groups in total. The standard InChI is InChI=1S/C55H70ClN7O8S/c1-53(2,3)47(50(68)63-31-39(64)27-44(63)49(67)59-43(32-62-23-9-10-24-62)35-13-15-36(16-14-35)45-30-58-34-72-45)60-46(65)33-69-25-11-8-12-26-70-40-20-17-37(18-21-40)48(66)61-51-54(4,5)52(55(51,6)7)71-41-22-19-38(29-57)42(56)28-41/h13-22,28,30,34,39,43-44,47,51-52,64H,8-12,23-27,31-33H2,1-7H3,(H,59,67)(H,60,65)(H,61,66)/t39-,43+,44+,47-,51?,52?/m1/s1. The quantitative estimate of drug-likeness (QED) is 0.0592.